The average Bonchev–Trinajstić information content (AvgIpc) is 2.30. The quantitative estimate of drug-likeness (QED) is 0.720. The number of benzene rings is 1. The van der Waals surface area contributed by atoms with Crippen LogP contribution in [0, 0.1) is 11.6 Å². The molecule has 0 amide bonds. The van der Waals surface area contributed by atoms with E-state index in [2.05, 4.69) is 12.2 Å². The summed E-state index contributed by atoms with van der Waals surface area (Å²) in [5, 5.41) is 12.0. The Labute approximate surface area is 101 Å². The van der Waals surface area contributed by atoms with Crippen molar-refractivity contribution in [3.8, 4) is 5.75 Å². The van der Waals surface area contributed by atoms with E-state index in [1.807, 2.05) is 0 Å². The molecule has 0 atom stereocenters. The zero-order valence-corrected chi connectivity index (χ0v) is 10.1. The van der Waals surface area contributed by atoms with Crippen molar-refractivity contribution in [3.63, 3.8) is 0 Å². The maximum atomic E-state index is 13.0. The van der Waals surface area contributed by atoms with Crippen LogP contribution in [-0.4, -0.2) is 11.7 Å². The Hall–Kier alpha value is -1.16. The van der Waals surface area contributed by atoms with Gasteiger partial charge in [-0.1, -0.05) is 26.2 Å². The molecular weight excluding hydrogens is 224 g/mol. The summed E-state index contributed by atoms with van der Waals surface area (Å²) >= 11 is 0. The van der Waals surface area contributed by atoms with Crippen LogP contribution in [0.1, 0.15) is 38.2 Å². The van der Waals surface area contributed by atoms with Gasteiger partial charge in [-0.15, -0.1) is 0 Å². The van der Waals surface area contributed by atoms with E-state index in [4.69, 9.17) is 5.11 Å². The number of aromatic hydroxyl groups is 1. The lowest BCUT2D eigenvalue weighted by atomic mass is 10.2. The molecule has 1 rings (SSSR count). The smallest absolute Gasteiger partial charge is 0.187 e. The summed E-state index contributed by atoms with van der Waals surface area (Å²) in [6, 6.07) is 2.30. The maximum Gasteiger partial charge on any atom is 0.187 e. The van der Waals surface area contributed by atoms with E-state index in [0.29, 0.717) is 12.1 Å². The van der Waals surface area contributed by atoms with Crippen LogP contribution in [0.2, 0.25) is 0 Å². The molecule has 0 aliphatic rings. The van der Waals surface area contributed by atoms with Crippen LogP contribution in [0.15, 0.2) is 12.1 Å². The number of halogens is 2. The minimum Gasteiger partial charge on any atom is -0.503 e. The number of hydrogen-bond acceptors (Lipinski definition) is 2. The second-order valence-corrected chi connectivity index (χ2v) is 4.15. The van der Waals surface area contributed by atoms with Crippen molar-refractivity contribution in [2.75, 3.05) is 6.54 Å². The normalized spacial score (nSPS) is 10.8. The minimum atomic E-state index is -0.909. The number of rotatable bonds is 7. The number of phenolic OH excluding ortho intramolecular Hbond substituents is 1. The average molecular weight is 243 g/mol. The molecule has 17 heavy (non-hydrogen) atoms. The third-order valence-electron chi connectivity index (χ3n) is 2.61. The molecule has 0 aliphatic carbocycles. The highest BCUT2D eigenvalue weighted by Crippen LogP contribution is 2.21. The lowest BCUT2D eigenvalue weighted by Crippen LogP contribution is -2.14. The molecule has 0 aliphatic heterocycles. The Morgan fingerprint density at radius 2 is 1.76 bits per heavy atom. The standard InChI is InChI=1S/C13H19F2NO/c1-2-3-4-5-6-16-9-10-7-11(14)13(17)12(15)8-10/h7-8,16-17H,2-6,9H2,1H3. The van der Waals surface area contributed by atoms with Gasteiger partial charge in [-0.2, -0.15) is 0 Å². The predicted octanol–water partition coefficient (Wildman–Crippen LogP) is 3.34. The molecule has 96 valence electrons. The van der Waals surface area contributed by atoms with Crippen LogP contribution in [0.4, 0.5) is 8.78 Å². The van der Waals surface area contributed by atoms with Gasteiger partial charge in [-0.05, 0) is 30.7 Å². The Morgan fingerprint density at radius 1 is 1.12 bits per heavy atom. The molecule has 0 bridgehead atoms. The predicted molar refractivity (Wildman–Crippen MR) is 63.9 cm³/mol. The van der Waals surface area contributed by atoms with E-state index in [-0.39, 0.29) is 0 Å². The van der Waals surface area contributed by atoms with Crippen LogP contribution in [0.3, 0.4) is 0 Å². The first kappa shape index (κ1) is 13.9. The van der Waals surface area contributed by atoms with Crippen LogP contribution in [0.25, 0.3) is 0 Å². The molecule has 0 aromatic heterocycles. The zero-order valence-electron chi connectivity index (χ0n) is 10.1. The summed E-state index contributed by atoms with van der Waals surface area (Å²) in [4.78, 5) is 0. The van der Waals surface area contributed by atoms with Gasteiger partial charge >= 0.3 is 0 Å². The first-order valence-electron chi connectivity index (χ1n) is 6.02. The Kier molecular flexibility index (Phi) is 5.91. The van der Waals surface area contributed by atoms with Crippen molar-refractivity contribution < 1.29 is 13.9 Å². The van der Waals surface area contributed by atoms with Gasteiger partial charge in [0.05, 0.1) is 0 Å². The third-order valence-corrected chi connectivity index (χ3v) is 2.61. The van der Waals surface area contributed by atoms with E-state index >= 15 is 0 Å². The first-order valence-corrected chi connectivity index (χ1v) is 6.02. The Bertz CT molecular complexity index is 332. The topological polar surface area (TPSA) is 32.3 Å². The summed E-state index contributed by atoms with van der Waals surface area (Å²) in [5.74, 6) is -2.72. The minimum absolute atomic E-state index is 0.417. The summed E-state index contributed by atoms with van der Waals surface area (Å²) in [5.41, 5.74) is 0.508. The van der Waals surface area contributed by atoms with Gasteiger partial charge in [0, 0.05) is 6.54 Å². The van der Waals surface area contributed by atoms with Gasteiger partial charge in [0.1, 0.15) is 0 Å². The number of hydrogen-bond donors (Lipinski definition) is 2. The monoisotopic (exact) mass is 243 g/mol. The lowest BCUT2D eigenvalue weighted by Gasteiger charge is -2.06. The highest BCUT2D eigenvalue weighted by Gasteiger charge is 2.08. The molecule has 0 radical (unpaired) electrons. The first-order chi connectivity index (χ1) is 8.15. The van der Waals surface area contributed by atoms with Crippen molar-refractivity contribution in [2.45, 2.75) is 39.2 Å². The molecule has 0 heterocycles. The van der Waals surface area contributed by atoms with E-state index < -0.39 is 17.4 Å². The van der Waals surface area contributed by atoms with Crippen LogP contribution in [0.5, 0.6) is 5.75 Å². The fourth-order valence-electron chi connectivity index (χ4n) is 1.63. The highest BCUT2D eigenvalue weighted by molar-refractivity contribution is 5.29. The zero-order chi connectivity index (χ0) is 12.7. The van der Waals surface area contributed by atoms with Crippen molar-refractivity contribution in [1.82, 2.24) is 5.32 Å². The van der Waals surface area contributed by atoms with Crippen molar-refractivity contribution in [1.29, 1.82) is 0 Å². The Balaban J connectivity index is 2.32. The highest BCUT2D eigenvalue weighted by atomic mass is 19.1. The molecule has 0 unspecified atom stereocenters. The summed E-state index contributed by atoms with van der Waals surface area (Å²) in [7, 11) is 0. The van der Waals surface area contributed by atoms with Gasteiger partial charge in [0.2, 0.25) is 0 Å². The second kappa shape index (κ2) is 7.22. The Morgan fingerprint density at radius 3 is 2.35 bits per heavy atom. The number of nitrogens with one attached hydrogen (secondary N) is 1. The molecule has 1 aromatic carbocycles. The molecule has 0 fully saturated rings. The second-order valence-electron chi connectivity index (χ2n) is 4.15. The SMILES string of the molecule is CCCCCCNCc1cc(F)c(O)c(F)c1. The lowest BCUT2D eigenvalue weighted by molar-refractivity contribution is 0.395. The van der Waals surface area contributed by atoms with Gasteiger partial charge < -0.3 is 10.4 Å². The van der Waals surface area contributed by atoms with E-state index in [9.17, 15) is 8.78 Å². The van der Waals surface area contributed by atoms with Crippen LogP contribution >= 0.6 is 0 Å². The fourth-order valence-corrected chi connectivity index (χ4v) is 1.63. The summed E-state index contributed by atoms with van der Waals surface area (Å²) in [6.07, 6.45) is 4.64. The van der Waals surface area contributed by atoms with Gasteiger partial charge in [0.15, 0.2) is 17.4 Å². The molecule has 2 nitrogen and oxygen atoms in total. The third kappa shape index (κ3) is 4.69. The summed E-state index contributed by atoms with van der Waals surface area (Å²) < 4.78 is 26.0. The molecule has 0 spiro atoms. The van der Waals surface area contributed by atoms with E-state index in [1.54, 1.807) is 0 Å². The van der Waals surface area contributed by atoms with Crippen molar-refractivity contribution in [3.05, 3.63) is 29.3 Å². The molecule has 4 heteroatoms. The van der Waals surface area contributed by atoms with Crippen LogP contribution < -0.4 is 5.32 Å². The fraction of sp³-hybridized carbons (Fsp3) is 0.538. The summed E-state index contributed by atoms with van der Waals surface area (Å²) in [6.45, 7) is 3.40. The van der Waals surface area contributed by atoms with Crippen molar-refractivity contribution in [2.24, 2.45) is 0 Å². The molecular formula is C13H19F2NO. The molecule has 2 N–H and O–H groups in total. The van der Waals surface area contributed by atoms with Crippen LogP contribution in [-0.2, 0) is 6.54 Å². The molecule has 0 saturated carbocycles. The molecule has 0 saturated heterocycles. The molecule has 1 aromatic rings. The number of phenols is 1. The van der Waals surface area contributed by atoms with E-state index in [0.717, 1.165) is 25.1 Å². The van der Waals surface area contributed by atoms with Gasteiger partial charge in [-0.3, -0.25) is 0 Å². The number of unbranched alkanes of at least 4 members (excludes halogenated alkanes) is 3. The van der Waals surface area contributed by atoms with Gasteiger partial charge in [0.25, 0.3) is 0 Å². The largest absolute Gasteiger partial charge is 0.503 e. The van der Waals surface area contributed by atoms with E-state index in [1.165, 1.54) is 19.3 Å². The van der Waals surface area contributed by atoms with Gasteiger partial charge in [-0.25, -0.2) is 8.78 Å². The van der Waals surface area contributed by atoms with Crippen molar-refractivity contribution >= 4 is 0 Å². The maximum absolute atomic E-state index is 13.0.